The zero-order chi connectivity index (χ0) is 16.4. The minimum Gasteiger partial charge on any atom is -0.545 e. The second kappa shape index (κ2) is 8.53. The standard InChI is InChI=1S/C14H13N7O2.Na.H2O/c15-11-10-12(21-14(16)20-11)18-6-9(19-10)5-17-8-3-1-7(2-4-8)13(22)23;;/h1-4,6,17H,5H2,(H,22,23)(H4,15,16,18,20,21);;1H2/q;+1;/p-1. The van der Waals surface area contributed by atoms with E-state index in [-0.39, 0.29) is 52.4 Å². The van der Waals surface area contributed by atoms with Crippen LogP contribution in [0, 0.1) is 0 Å². The van der Waals surface area contributed by atoms with Gasteiger partial charge in [-0.3, -0.25) is 0 Å². The van der Waals surface area contributed by atoms with Crippen LogP contribution >= 0.6 is 0 Å². The number of carboxylic acid groups (broad SMARTS) is 1. The molecular formula is C14H14N7NaO3. The van der Waals surface area contributed by atoms with Gasteiger partial charge in [0.05, 0.1) is 24.4 Å². The van der Waals surface area contributed by atoms with Gasteiger partial charge in [-0.2, -0.15) is 9.97 Å². The van der Waals surface area contributed by atoms with Crippen LogP contribution in [0.2, 0.25) is 0 Å². The molecule has 7 N–H and O–H groups in total. The minimum absolute atomic E-state index is 0. The number of anilines is 3. The molecule has 0 unspecified atom stereocenters. The van der Waals surface area contributed by atoms with Crippen LogP contribution in [-0.2, 0) is 6.54 Å². The Hall–Kier alpha value is -2.53. The Morgan fingerprint density at radius 3 is 2.44 bits per heavy atom. The molecule has 0 aliphatic rings. The van der Waals surface area contributed by atoms with Gasteiger partial charge in [0.15, 0.2) is 17.0 Å². The number of benzene rings is 1. The summed E-state index contributed by atoms with van der Waals surface area (Å²) in [6.07, 6.45) is 1.55. The van der Waals surface area contributed by atoms with Crippen LogP contribution in [0.5, 0.6) is 0 Å². The van der Waals surface area contributed by atoms with Crippen molar-refractivity contribution in [3.8, 4) is 0 Å². The van der Waals surface area contributed by atoms with Crippen LogP contribution in [0.1, 0.15) is 16.1 Å². The smallest absolute Gasteiger partial charge is 0.545 e. The van der Waals surface area contributed by atoms with Gasteiger partial charge in [-0.15, -0.1) is 0 Å². The number of nitrogens with one attached hydrogen (secondary N) is 1. The molecule has 124 valence electrons. The zero-order valence-electron chi connectivity index (χ0n) is 13.4. The van der Waals surface area contributed by atoms with E-state index in [1.54, 1.807) is 18.3 Å². The van der Waals surface area contributed by atoms with Crippen LogP contribution in [0.3, 0.4) is 0 Å². The number of aromatic carboxylic acids is 1. The summed E-state index contributed by atoms with van der Waals surface area (Å²) < 4.78 is 0. The molecule has 11 heteroatoms. The summed E-state index contributed by atoms with van der Waals surface area (Å²) in [6.45, 7) is 0.372. The minimum atomic E-state index is -1.22. The van der Waals surface area contributed by atoms with E-state index in [4.69, 9.17) is 11.5 Å². The van der Waals surface area contributed by atoms with E-state index in [1.807, 2.05) is 0 Å². The van der Waals surface area contributed by atoms with Crippen molar-refractivity contribution < 1.29 is 44.9 Å². The van der Waals surface area contributed by atoms with Crippen molar-refractivity contribution in [1.29, 1.82) is 0 Å². The van der Waals surface area contributed by atoms with Gasteiger partial charge < -0.3 is 32.2 Å². The van der Waals surface area contributed by atoms with E-state index >= 15 is 0 Å². The van der Waals surface area contributed by atoms with Gasteiger partial charge >= 0.3 is 29.6 Å². The molecule has 0 saturated heterocycles. The van der Waals surface area contributed by atoms with Gasteiger partial charge in [0.1, 0.15) is 0 Å². The average Bonchev–Trinajstić information content (AvgIpc) is 2.53. The summed E-state index contributed by atoms with van der Waals surface area (Å²) in [5.41, 5.74) is 13.5. The number of nitrogen functional groups attached to an aromatic ring is 2. The van der Waals surface area contributed by atoms with Gasteiger partial charge in [-0.25, -0.2) is 9.97 Å². The molecule has 0 amide bonds. The fourth-order valence-corrected chi connectivity index (χ4v) is 1.98. The summed E-state index contributed by atoms with van der Waals surface area (Å²) >= 11 is 0. The van der Waals surface area contributed by atoms with Crippen LogP contribution in [0.4, 0.5) is 17.5 Å². The van der Waals surface area contributed by atoms with E-state index in [1.165, 1.54) is 12.1 Å². The average molecular weight is 351 g/mol. The van der Waals surface area contributed by atoms with Gasteiger partial charge in [0.2, 0.25) is 5.95 Å². The number of carboxylic acids is 1. The van der Waals surface area contributed by atoms with Crippen molar-refractivity contribution in [2.75, 3.05) is 16.8 Å². The maximum Gasteiger partial charge on any atom is 1.00 e. The van der Waals surface area contributed by atoms with Crippen LogP contribution in [0.25, 0.3) is 11.2 Å². The maximum atomic E-state index is 10.7. The summed E-state index contributed by atoms with van der Waals surface area (Å²) in [4.78, 5) is 27.0. The zero-order valence-corrected chi connectivity index (χ0v) is 15.4. The number of hydrogen-bond donors (Lipinski definition) is 3. The predicted octanol–water partition coefficient (Wildman–Crippen LogP) is -4.26. The summed E-state index contributed by atoms with van der Waals surface area (Å²) in [7, 11) is 0. The quantitative estimate of drug-likeness (QED) is 0.391. The first-order chi connectivity index (χ1) is 11.0. The Morgan fingerprint density at radius 1 is 1.12 bits per heavy atom. The van der Waals surface area contributed by atoms with E-state index in [2.05, 4.69) is 25.3 Å². The number of fused-ring (bicyclic) bond motifs is 1. The Balaban J connectivity index is 0.00000156. The van der Waals surface area contributed by atoms with Gasteiger partial charge in [0, 0.05) is 5.69 Å². The Bertz CT molecular complexity index is 889. The fourth-order valence-electron chi connectivity index (χ4n) is 1.98. The van der Waals surface area contributed by atoms with Crippen molar-refractivity contribution in [2.24, 2.45) is 0 Å². The number of rotatable bonds is 4. The number of aromatic nitrogens is 4. The largest absolute Gasteiger partial charge is 1.00 e. The first-order valence-electron chi connectivity index (χ1n) is 6.63. The molecule has 0 spiro atoms. The number of nitrogens with two attached hydrogens (primary N) is 2. The molecule has 3 aromatic rings. The molecule has 0 atom stereocenters. The third-order valence-electron chi connectivity index (χ3n) is 3.10. The molecule has 0 fully saturated rings. The monoisotopic (exact) mass is 351 g/mol. The number of carbonyl (C=O) groups excluding carboxylic acids is 1. The maximum absolute atomic E-state index is 10.7. The summed E-state index contributed by atoms with van der Waals surface area (Å²) in [5.74, 6) is -1.00. The molecular weight excluding hydrogens is 337 g/mol. The van der Waals surface area contributed by atoms with Crippen LogP contribution in [-0.4, -0.2) is 31.4 Å². The predicted molar refractivity (Wildman–Crippen MR) is 85.7 cm³/mol. The van der Waals surface area contributed by atoms with E-state index < -0.39 is 5.97 Å². The van der Waals surface area contributed by atoms with Crippen molar-refractivity contribution >= 4 is 34.6 Å². The topological polar surface area (TPSA) is 187 Å². The Labute approximate surface area is 164 Å². The third kappa shape index (κ3) is 4.73. The van der Waals surface area contributed by atoms with E-state index in [9.17, 15) is 9.90 Å². The Morgan fingerprint density at radius 2 is 1.80 bits per heavy atom. The van der Waals surface area contributed by atoms with Crippen LogP contribution in [0.15, 0.2) is 30.5 Å². The van der Waals surface area contributed by atoms with E-state index in [0.29, 0.717) is 23.4 Å². The fraction of sp³-hybridized carbons (Fsp3) is 0.0714. The van der Waals surface area contributed by atoms with Crippen molar-refractivity contribution in [2.45, 2.75) is 6.54 Å². The summed E-state index contributed by atoms with van der Waals surface area (Å²) in [5, 5.41) is 13.8. The molecule has 0 radical (unpaired) electrons. The van der Waals surface area contributed by atoms with Gasteiger partial charge in [0.25, 0.3) is 0 Å². The molecule has 0 aliphatic heterocycles. The molecule has 0 saturated carbocycles. The number of carbonyl (C=O) groups is 1. The molecule has 25 heavy (non-hydrogen) atoms. The number of hydrogen-bond acceptors (Lipinski definition) is 9. The third-order valence-corrected chi connectivity index (χ3v) is 3.10. The molecule has 1 aromatic carbocycles. The number of nitrogens with zero attached hydrogens (tertiary/aromatic N) is 4. The van der Waals surface area contributed by atoms with Crippen molar-refractivity contribution in [1.82, 2.24) is 19.9 Å². The van der Waals surface area contributed by atoms with Gasteiger partial charge in [-0.1, -0.05) is 12.1 Å². The molecule has 2 heterocycles. The molecule has 10 nitrogen and oxygen atoms in total. The Kier molecular flexibility index (Phi) is 7.00. The second-order valence-corrected chi connectivity index (χ2v) is 4.72. The molecule has 0 bridgehead atoms. The van der Waals surface area contributed by atoms with E-state index in [0.717, 1.165) is 5.69 Å². The van der Waals surface area contributed by atoms with Crippen molar-refractivity contribution in [3.63, 3.8) is 0 Å². The first-order valence-corrected chi connectivity index (χ1v) is 6.63. The molecule has 3 rings (SSSR count). The first kappa shape index (κ1) is 20.5. The van der Waals surface area contributed by atoms with Gasteiger partial charge in [-0.05, 0) is 17.7 Å². The normalized spacial score (nSPS) is 9.76. The SMILES string of the molecule is Nc1nc(N)c2nc(CNc3ccc(C(=O)[O-])cc3)cnc2n1.O.[Na+]. The second-order valence-electron chi connectivity index (χ2n) is 4.72. The molecule has 2 aromatic heterocycles. The summed E-state index contributed by atoms with van der Waals surface area (Å²) in [6, 6.07) is 6.19. The van der Waals surface area contributed by atoms with Crippen LogP contribution < -0.4 is 51.4 Å². The molecule has 0 aliphatic carbocycles. The van der Waals surface area contributed by atoms with Crippen molar-refractivity contribution in [3.05, 3.63) is 41.7 Å².